The van der Waals surface area contributed by atoms with Crippen molar-refractivity contribution in [2.75, 3.05) is 44.9 Å². The van der Waals surface area contributed by atoms with Crippen molar-refractivity contribution < 1.29 is 39.6 Å². The van der Waals surface area contributed by atoms with Crippen LogP contribution in [0.4, 0.5) is 0 Å². The van der Waals surface area contributed by atoms with E-state index in [1.54, 1.807) is 7.11 Å². The van der Waals surface area contributed by atoms with Gasteiger partial charge in [-0.05, 0) is 93.3 Å². The van der Waals surface area contributed by atoms with E-state index >= 15 is 0 Å². The van der Waals surface area contributed by atoms with Crippen molar-refractivity contribution in [3.8, 4) is 0 Å². The molecule has 0 aromatic rings. The summed E-state index contributed by atoms with van der Waals surface area (Å²) in [5, 5.41) is 28.3. The molecule has 2 saturated heterocycles. The molecule has 14 heteroatoms. The molecule has 0 spiro atoms. The Hall–Kier alpha value is -1.29. The zero-order valence-corrected chi connectivity index (χ0v) is 37.0. The molecule has 10 N–H and O–H groups in total. The van der Waals surface area contributed by atoms with Gasteiger partial charge in [-0.3, -0.25) is 31.4 Å². The van der Waals surface area contributed by atoms with Crippen LogP contribution in [-0.4, -0.2) is 108 Å². The van der Waals surface area contributed by atoms with E-state index in [9.17, 15) is 19.8 Å². The molecular formula is C43H80N6O6S2+2. The summed E-state index contributed by atoms with van der Waals surface area (Å²) in [6.45, 7) is 4.33. The lowest BCUT2D eigenvalue weighted by atomic mass is 9.73. The number of piperidine rings is 1. The lowest BCUT2D eigenvalue weighted by Crippen LogP contribution is -2.94. The molecule has 2 saturated carbocycles. The summed E-state index contributed by atoms with van der Waals surface area (Å²) in [4.78, 5) is 31.5. The molecule has 0 aromatic heterocycles. The SMILES string of the molecule is COC1CC2CCC(OC(C)=O)CC(O)CCCCC(CCC3CCCCC3)CSSC[NH+]=C(N)NCCC3(CC4CC[NH2+]C(N)C4)CC(=O)N(CC(C2)C1O)C3. The van der Waals surface area contributed by atoms with Gasteiger partial charge in [-0.1, -0.05) is 73.0 Å². The average molecular weight is 841 g/mol. The van der Waals surface area contributed by atoms with Crippen LogP contribution in [0.2, 0.25) is 0 Å². The van der Waals surface area contributed by atoms with Gasteiger partial charge >= 0.3 is 11.9 Å². The van der Waals surface area contributed by atoms with Crippen LogP contribution in [-0.2, 0) is 19.1 Å². The largest absolute Gasteiger partial charge is 0.462 e. The molecule has 4 bridgehead atoms. The number of aliphatic hydroxyl groups excluding tert-OH is 2. The Labute approximate surface area is 351 Å². The highest BCUT2D eigenvalue weighted by Gasteiger charge is 2.47. The third kappa shape index (κ3) is 15.9. The molecule has 57 heavy (non-hydrogen) atoms. The lowest BCUT2D eigenvalue weighted by molar-refractivity contribution is -0.699. The number of carbonyl (C=O) groups excluding carboxylic acids is 2. The topological polar surface area (TPSA) is 191 Å². The van der Waals surface area contributed by atoms with Gasteiger partial charge in [-0.2, -0.15) is 0 Å². The van der Waals surface area contributed by atoms with E-state index in [2.05, 4.69) is 15.6 Å². The molecule has 0 radical (unpaired) electrons. The van der Waals surface area contributed by atoms with E-state index in [0.29, 0.717) is 63.1 Å². The van der Waals surface area contributed by atoms with Gasteiger partial charge in [-0.15, -0.1) is 0 Å². The summed E-state index contributed by atoms with van der Waals surface area (Å²) in [7, 11) is 5.42. The first-order valence-corrected chi connectivity index (χ1v) is 25.3. The minimum absolute atomic E-state index is 0.106. The number of quaternary nitrogens is 1. The van der Waals surface area contributed by atoms with E-state index in [1.807, 2.05) is 26.5 Å². The van der Waals surface area contributed by atoms with Crippen molar-refractivity contribution in [1.82, 2.24) is 10.2 Å². The number of nitrogens with zero attached hydrogens (tertiary/aromatic N) is 1. The summed E-state index contributed by atoms with van der Waals surface area (Å²) in [5.41, 5.74) is 12.7. The van der Waals surface area contributed by atoms with Crippen LogP contribution >= 0.6 is 21.6 Å². The highest BCUT2D eigenvalue weighted by Crippen LogP contribution is 2.44. The minimum Gasteiger partial charge on any atom is -0.462 e. The number of rotatable bonds is 7. The maximum absolute atomic E-state index is 13.9. The molecule has 5 rings (SSSR count). The van der Waals surface area contributed by atoms with Crippen LogP contribution in [0.5, 0.6) is 0 Å². The second-order valence-electron chi connectivity index (χ2n) is 18.8. The van der Waals surface area contributed by atoms with Crippen molar-refractivity contribution >= 4 is 39.4 Å². The molecule has 328 valence electrons. The maximum Gasteiger partial charge on any atom is 0.341 e. The first-order valence-electron chi connectivity index (χ1n) is 22.8. The number of amides is 1. The molecule has 5 aliphatic rings. The molecule has 10 atom stereocenters. The smallest absolute Gasteiger partial charge is 0.341 e. The van der Waals surface area contributed by atoms with E-state index in [4.69, 9.17) is 20.9 Å². The van der Waals surface area contributed by atoms with Crippen LogP contribution in [0.1, 0.15) is 142 Å². The van der Waals surface area contributed by atoms with Crippen molar-refractivity contribution in [3.63, 3.8) is 0 Å². The number of guanidine groups is 1. The van der Waals surface area contributed by atoms with Gasteiger partial charge in [0.15, 0.2) is 0 Å². The molecule has 0 aromatic carbocycles. The number of fused-ring (bicyclic) bond motifs is 4. The Morgan fingerprint density at radius 1 is 0.965 bits per heavy atom. The Morgan fingerprint density at radius 3 is 2.49 bits per heavy atom. The second-order valence-corrected chi connectivity index (χ2v) is 21.3. The summed E-state index contributed by atoms with van der Waals surface area (Å²) in [5.74, 6) is 4.40. The summed E-state index contributed by atoms with van der Waals surface area (Å²) in [6, 6.07) is 0. The molecular weight excluding hydrogens is 761 g/mol. The summed E-state index contributed by atoms with van der Waals surface area (Å²) >= 11 is 0. The number of ether oxygens (including phenoxy) is 2. The quantitative estimate of drug-likeness (QED) is 0.148. The third-order valence-corrected chi connectivity index (χ3v) is 16.4. The predicted octanol–water partition coefficient (Wildman–Crippen LogP) is 2.98. The molecule has 1 amide bonds. The first-order chi connectivity index (χ1) is 27.5. The monoisotopic (exact) mass is 841 g/mol. The van der Waals surface area contributed by atoms with Crippen molar-refractivity contribution in [3.05, 3.63) is 0 Å². The van der Waals surface area contributed by atoms with Gasteiger partial charge in [0.1, 0.15) is 18.1 Å². The maximum atomic E-state index is 13.9. The first kappa shape index (κ1) is 46.8. The van der Waals surface area contributed by atoms with E-state index in [0.717, 1.165) is 81.9 Å². The summed E-state index contributed by atoms with van der Waals surface area (Å²) < 4.78 is 11.6. The fourth-order valence-corrected chi connectivity index (χ4v) is 13.3. The zero-order valence-electron chi connectivity index (χ0n) is 35.4. The predicted molar refractivity (Wildman–Crippen MR) is 230 cm³/mol. The molecule has 2 aliphatic carbocycles. The van der Waals surface area contributed by atoms with Gasteiger partial charge in [0.2, 0.25) is 5.91 Å². The number of hydrogen-bond acceptors (Lipinski definition) is 11. The van der Waals surface area contributed by atoms with Crippen LogP contribution in [0, 0.1) is 35.0 Å². The number of carbonyl (C=O) groups is 2. The van der Waals surface area contributed by atoms with Gasteiger partial charge in [0.25, 0.3) is 0 Å². The highest BCUT2D eigenvalue weighted by molar-refractivity contribution is 8.76. The van der Waals surface area contributed by atoms with E-state index in [-0.39, 0.29) is 47.5 Å². The number of methoxy groups -OCH3 is 1. The normalized spacial score (nSPS) is 36.9. The Bertz CT molecular complexity index is 1250. The van der Waals surface area contributed by atoms with Crippen molar-refractivity contribution in [2.24, 2.45) is 46.5 Å². The lowest BCUT2D eigenvalue weighted by Gasteiger charge is -2.41. The van der Waals surface area contributed by atoms with Crippen LogP contribution < -0.4 is 27.1 Å². The fourth-order valence-electron chi connectivity index (χ4n) is 11.1. The number of nitrogens with one attached hydrogen (secondary N) is 2. The number of aliphatic hydroxyl groups is 2. The zero-order chi connectivity index (χ0) is 40.6. The number of nitrogens with two attached hydrogens (primary N) is 3. The minimum atomic E-state index is -0.663. The van der Waals surface area contributed by atoms with Gasteiger partial charge in [0.05, 0.1) is 31.4 Å². The second kappa shape index (κ2) is 24.2. The Kier molecular flexibility index (Phi) is 19.9. The Balaban J connectivity index is 1.28. The molecule has 10 unspecified atom stereocenters. The molecule has 3 heterocycles. The molecule has 3 aliphatic heterocycles. The average Bonchev–Trinajstić information content (AvgIpc) is 3.48. The molecule has 12 nitrogen and oxygen atoms in total. The summed E-state index contributed by atoms with van der Waals surface area (Å²) in [6.07, 6.45) is 19.5. The fraction of sp³-hybridized carbons (Fsp3) is 0.930. The van der Waals surface area contributed by atoms with Gasteiger partial charge in [0, 0.05) is 58.1 Å². The van der Waals surface area contributed by atoms with Gasteiger partial charge in [-0.25, -0.2) is 0 Å². The standard InChI is InChI=1S/C43H78N6O6S2/c1-30(50)55-37-15-14-33-20-35(41(53)38(21-33)54-2)26-49-28-43(25-40(49)52,24-34-16-18-46-39(44)22-34)17-19-47-42(45)48-29-57-56-27-32(10-6-7-11-36(51)23-37)13-12-31-8-4-3-5-9-31/h31-39,41,46,51,53H,3-29,44H2,1-2H3,(H3,45,47,48)/p+2. The molecule has 4 fully saturated rings. The van der Waals surface area contributed by atoms with Crippen LogP contribution in [0.3, 0.4) is 0 Å². The van der Waals surface area contributed by atoms with Crippen LogP contribution in [0.15, 0.2) is 0 Å². The highest BCUT2D eigenvalue weighted by atomic mass is 33.1. The van der Waals surface area contributed by atoms with Gasteiger partial charge < -0.3 is 29.9 Å². The number of hydrogen-bond donors (Lipinski definition) is 7. The Morgan fingerprint density at radius 2 is 1.72 bits per heavy atom. The van der Waals surface area contributed by atoms with E-state index < -0.39 is 12.2 Å². The van der Waals surface area contributed by atoms with E-state index in [1.165, 1.54) is 58.3 Å². The van der Waals surface area contributed by atoms with Crippen molar-refractivity contribution in [1.29, 1.82) is 0 Å². The third-order valence-electron chi connectivity index (χ3n) is 14.2. The number of esters is 1. The van der Waals surface area contributed by atoms with Crippen LogP contribution in [0.25, 0.3) is 0 Å². The van der Waals surface area contributed by atoms with Crippen molar-refractivity contribution in [2.45, 2.75) is 172 Å².